The van der Waals surface area contributed by atoms with Gasteiger partial charge >= 0.3 is 0 Å². The Morgan fingerprint density at radius 1 is 1.40 bits per heavy atom. The maximum absolute atomic E-state index is 13.3. The molecule has 0 radical (unpaired) electrons. The van der Waals surface area contributed by atoms with E-state index in [1.165, 1.54) is 12.1 Å². The predicted molar refractivity (Wildman–Crippen MR) is 78.0 cm³/mol. The predicted octanol–water partition coefficient (Wildman–Crippen LogP) is 4.58. The molecule has 0 spiro atoms. The highest BCUT2D eigenvalue weighted by Gasteiger charge is 2.36. The van der Waals surface area contributed by atoms with Crippen molar-refractivity contribution in [3.8, 4) is 0 Å². The molecule has 106 valence electrons. The lowest BCUT2D eigenvalue weighted by Crippen LogP contribution is -2.01. The molecule has 0 bridgehead atoms. The van der Waals surface area contributed by atoms with E-state index < -0.39 is 6.10 Å². The normalized spacial score (nSPS) is 22.8. The van der Waals surface area contributed by atoms with E-state index in [1.807, 2.05) is 12.1 Å². The summed E-state index contributed by atoms with van der Waals surface area (Å²) in [6.07, 6.45) is 0.746. The highest BCUT2D eigenvalue weighted by Crippen LogP contribution is 2.47. The van der Waals surface area contributed by atoms with E-state index in [0.29, 0.717) is 28.5 Å². The number of halogens is 2. The SMILES string of the molecule is CC1CC1c1ccc(C(O)Cc2cc(F)cc(Br)c2)o1. The summed E-state index contributed by atoms with van der Waals surface area (Å²) in [7, 11) is 0. The summed E-state index contributed by atoms with van der Waals surface area (Å²) >= 11 is 3.25. The standard InChI is InChI=1S/C16H16BrFO2/c1-9-4-13(9)15-2-3-16(20-15)14(19)7-10-5-11(17)8-12(18)6-10/h2-3,5-6,8-9,13-14,19H,4,7H2,1H3. The Labute approximate surface area is 125 Å². The van der Waals surface area contributed by atoms with Gasteiger partial charge in [-0.2, -0.15) is 0 Å². The monoisotopic (exact) mass is 338 g/mol. The first-order valence-electron chi connectivity index (χ1n) is 6.75. The lowest BCUT2D eigenvalue weighted by atomic mass is 10.1. The molecule has 1 N–H and O–H groups in total. The second-order valence-corrected chi connectivity index (χ2v) is 6.47. The Bertz CT molecular complexity index is 602. The largest absolute Gasteiger partial charge is 0.463 e. The Morgan fingerprint density at radius 2 is 2.15 bits per heavy atom. The molecule has 1 saturated carbocycles. The van der Waals surface area contributed by atoms with Crippen molar-refractivity contribution in [1.82, 2.24) is 0 Å². The lowest BCUT2D eigenvalue weighted by molar-refractivity contribution is 0.148. The molecule has 1 fully saturated rings. The number of hydrogen-bond donors (Lipinski definition) is 1. The first kappa shape index (κ1) is 13.8. The van der Waals surface area contributed by atoms with Crippen molar-refractivity contribution in [3.05, 3.63) is 57.7 Å². The summed E-state index contributed by atoms with van der Waals surface area (Å²) in [5, 5.41) is 10.2. The molecule has 1 aromatic carbocycles. The topological polar surface area (TPSA) is 33.4 Å². The van der Waals surface area contributed by atoms with E-state index in [9.17, 15) is 9.50 Å². The number of hydrogen-bond acceptors (Lipinski definition) is 2. The van der Waals surface area contributed by atoms with E-state index in [4.69, 9.17) is 4.42 Å². The summed E-state index contributed by atoms with van der Waals surface area (Å²) in [6, 6.07) is 8.39. The summed E-state index contributed by atoms with van der Waals surface area (Å²) in [5.41, 5.74) is 0.738. The van der Waals surface area contributed by atoms with E-state index in [2.05, 4.69) is 22.9 Å². The van der Waals surface area contributed by atoms with Crippen molar-refractivity contribution < 1.29 is 13.9 Å². The summed E-state index contributed by atoms with van der Waals surface area (Å²) in [6.45, 7) is 2.19. The Balaban J connectivity index is 1.72. The van der Waals surface area contributed by atoms with Gasteiger partial charge in [0.25, 0.3) is 0 Å². The number of aliphatic hydroxyl groups excluding tert-OH is 1. The minimum atomic E-state index is -0.744. The fraction of sp³-hybridized carbons (Fsp3) is 0.375. The fourth-order valence-electron chi connectivity index (χ4n) is 2.52. The van der Waals surface area contributed by atoms with Crippen LogP contribution in [0.5, 0.6) is 0 Å². The van der Waals surface area contributed by atoms with Crippen LogP contribution in [0.25, 0.3) is 0 Å². The molecule has 0 amide bonds. The molecular weight excluding hydrogens is 323 g/mol. The second kappa shape index (κ2) is 5.34. The van der Waals surface area contributed by atoms with Crippen LogP contribution in [0.3, 0.4) is 0 Å². The van der Waals surface area contributed by atoms with Gasteiger partial charge in [-0.15, -0.1) is 0 Å². The highest BCUT2D eigenvalue weighted by molar-refractivity contribution is 9.10. The molecule has 1 aromatic heterocycles. The molecular formula is C16H16BrFO2. The lowest BCUT2D eigenvalue weighted by Gasteiger charge is -2.08. The van der Waals surface area contributed by atoms with E-state index >= 15 is 0 Å². The van der Waals surface area contributed by atoms with Crippen molar-refractivity contribution in [2.24, 2.45) is 5.92 Å². The Hall–Kier alpha value is -1.13. The van der Waals surface area contributed by atoms with Crippen LogP contribution in [0.2, 0.25) is 0 Å². The number of furan rings is 1. The van der Waals surface area contributed by atoms with Gasteiger partial charge in [0.05, 0.1) is 0 Å². The molecule has 2 nitrogen and oxygen atoms in total. The average molecular weight is 339 g/mol. The van der Waals surface area contributed by atoms with Crippen LogP contribution in [0.1, 0.15) is 42.5 Å². The van der Waals surface area contributed by atoms with Crippen LogP contribution in [0.15, 0.2) is 39.2 Å². The van der Waals surface area contributed by atoms with Crippen LogP contribution >= 0.6 is 15.9 Å². The molecule has 3 rings (SSSR count). The molecule has 1 heterocycles. The molecule has 20 heavy (non-hydrogen) atoms. The van der Waals surface area contributed by atoms with Crippen molar-refractivity contribution in [3.63, 3.8) is 0 Å². The Kier molecular flexibility index (Phi) is 3.69. The maximum Gasteiger partial charge on any atom is 0.133 e. The minimum absolute atomic E-state index is 0.312. The fourth-order valence-corrected chi connectivity index (χ4v) is 3.03. The number of aliphatic hydroxyl groups is 1. The Morgan fingerprint density at radius 3 is 2.80 bits per heavy atom. The summed E-state index contributed by atoms with van der Waals surface area (Å²) in [5.74, 6) is 2.37. The van der Waals surface area contributed by atoms with Gasteiger partial charge in [-0.1, -0.05) is 22.9 Å². The van der Waals surface area contributed by atoms with Crippen molar-refractivity contribution in [2.75, 3.05) is 0 Å². The van der Waals surface area contributed by atoms with Crippen LogP contribution in [-0.2, 0) is 6.42 Å². The summed E-state index contributed by atoms with van der Waals surface area (Å²) in [4.78, 5) is 0. The van der Waals surface area contributed by atoms with Gasteiger partial charge in [0.15, 0.2) is 0 Å². The third-order valence-electron chi connectivity index (χ3n) is 3.80. The maximum atomic E-state index is 13.3. The molecule has 1 aliphatic carbocycles. The molecule has 3 unspecified atom stereocenters. The second-order valence-electron chi connectivity index (χ2n) is 5.56. The molecule has 0 aliphatic heterocycles. The van der Waals surface area contributed by atoms with Crippen LogP contribution < -0.4 is 0 Å². The summed E-state index contributed by atoms with van der Waals surface area (Å²) < 4.78 is 19.7. The van der Waals surface area contributed by atoms with Gasteiger partial charge in [-0.05, 0) is 48.2 Å². The minimum Gasteiger partial charge on any atom is -0.463 e. The van der Waals surface area contributed by atoms with Gasteiger partial charge in [0, 0.05) is 16.8 Å². The molecule has 2 aromatic rings. The average Bonchev–Trinajstić information content (AvgIpc) is 2.90. The first-order chi connectivity index (χ1) is 9.52. The zero-order valence-electron chi connectivity index (χ0n) is 11.1. The van der Waals surface area contributed by atoms with Gasteiger partial charge in [0.1, 0.15) is 23.4 Å². The van der Waals surface area contributed by atoms with E-state index in [1.54, 1.807) is 6.07 Å². The highest BCUT2D eigenvalue weighted by atomic mass is 79.9. The van der Waals surface area contributed by atoms with Crippen molar-refractivity contribution in [1.29, 1.82) is 0 Å². The molecule has 4 heteroatoms. The zero-order valence-corrected chi connectivity index (χ0v) is 12.7. The quantitative estimate of drug-likeness (QED) is 0.884. The molecule has 0 saturated heterocycles. The molecule has 3 atom stereocenters. The molecule has 1 aliphatic rings. The van der Waals surface area contributed by atoms with Gasteiger partial charge in [-0.3, -0.25) is 0 Å². The van der Waals surface area contributed by atoms with E-state index in [0.717, 1.165) is 17.7 Å². The van der Waals surface area contributed by atoms with Crippen LogP contribution in [0.4, 0.5) is 4.39 Å². The van der Waals surface area contributed by atoms with E-state index in [-0.39, 0.29) is 5.82 Å². The number of benzene rings is 1. The third-order valence-corrected chi connectivity index (χ3v) is 4.26. The van der Waals surface area contributed by atoms with Gasteiger partial charge < -0.3 is 9.52 Å². The number of rotatable bonds is 4. The van der Waals surface area contributed by atoms with Crippen LogP contribution in [0, 0.1) is 11.7 Å². The zero-order chi connectivity index (χ0) is 14.3. The van der Waals surface area contributed by atoms with Gasteiger partial charge in [-0.25, -0.2) is 4.39 Å². The van der Waals surface area contributed by atoms with Crippen LogP contribution in [-0.4, -0.2) is 5.11 Å². The van der Waals surface area contributed by atoms with Gasteiger partial charge in [0.2, 0.25) is 0 Å². The third kappa shape index (κ3) is 2.96. The smallest absolute Gasteiger partial charge is 0.133 e. The first-order valence-corrected chi connectivity index (χ1v) is 7.55. The van der Waals surface area contributed by atoms with Crippen molar-refractivity contribution >= 4 is 15.9 Å². The van der Waals surface area contributed by atoms with Crippen molar-refractivity contribution in [2.45, 2.75) is 31.8 Å².